The second kappa shape index (κ2) is 2.51. The maximum absolute atomic E-state index is 10.6. The molecule has 8 heavy (non-hydrogen) atoms. The molecule has 2 nitrogen and oxygen atoms in total. The van der Waals surface area contributed by atoms with E-state index in [1.807, 2.05) is 0 Å². The van der Waals surface area contributed by atoms with Crippen molar-refractivity contribution in [3.63, 3.8) is 0 Å². The van der Waals surface area contributed by atoms with Crippen molar-refractivity contribution in [3.8, 4) is 0 Å². The van der Waals surface area contributed by atoms with Crippen molar-refractivity contribution >= 4 is 16.9 Å². The lowest BCUT2D eigenvalue weighted by Crippen LogP contribution is -2.08. The summed E-state index contributed by atoms with van der Waals surface area (Å²) in [6, 6.07) is 0. The van der Waals surface area contributed by atoms with Crippen LogP contribution in [0.15, 0.2) is 0 Å². The number of aliphatic hydroxyl groups excluding tert-OH is 1. The van der Waals surface area contributed by atoms with Crippen molar-refractivity contribution in [2.75, 3.05) is 12.4 Å². The highest BCUT2D eigenvalue weighted by Gasteiger charge is 2.23. The molecule has 1 saturated heterocycles. The third-order valence-electron chi connectivity index (χ3n) is 1.26. The molecular formula is C5H8O2S. The van der Waals surface area contributed by atoms with Gasteiger partial charge in [-0.3, -0.25) is 4.79 Å². The zero-order valence-corrected chi connectivity index (χ0v) is 5.28. The largest absolute Gasteiger partial charge is 0.396 e. The summed E-state index contributed by atoms with van der Waals surface area (Å²) in [5, 5.41) is 8.66. The fraction of sp³-hybridized carbons (Fsp3) is 0.800. The molecule has 0 radical (unpaired) electrons. The van der Waals surface area contributed by atoms with E-state index in [1.165, 1.54) is 11.8 Å². The molecule has 1 N–H and O–H groups in total. The predicted octanol–water partition coefficient (Wildman–Crippen LogP) is 0.258. The van der Waals surface area contributed by atoms with E-state index in [0.717, 1.165) is 12.2 Å². The van der Waals surface area contributed by atoms with Gasteiger partial charge in [0.1, 0.15) is 0 Å². The first-order valence-electron chi connectivity index (χ1n) is 2.62. The standard InChI is InChI=1S/C5H8O2S/c6-3-4-1-2-8-5(4)7/h4,6H,1-3H2/t4-/m0/s1. The second-order valence-electron chi connectivity index (χ2n) is 1.84. The third kappa shape index (κ3) is 1.03. The fourth-order valence-electron chi connectivity index (χ4n) is 0.703. The summed E-state index contributed by atoms with van der Waals surface area (Å²) in [5.74, 6) is 0.837. The van der Waals surface area contributed by atoms with E-state index in [1.54, 1.807) is 0 Å². The van der Waals surface area contributed by atoms with Crippen LogP contribution in [0, 0.1) is 5.92 Å². The van der Waals surface area contributed by atoms with Crippen LogP contribution in [0.1, 0.15) is 6.42 Å². The molecule has 0 amide bonds. The van der Waals surface area contributed by atoms with E-state index < -0.39 is 0 Å². The van der Waals surface area contributed by atoms with E-state index in [-0.39, 0.29) is 17.6 Å². The molecular weight excluding hydrogens is 124 g/mol. The Morgan fingerprint density at radius 2 is 2.62 bits per heavy atom. The van der Waals surface area contributed by atoms with Gasteiger partial charge in [0.15, 0.2) is 5.12 Å². The van der Waals surface area contributed by atoms with Crippen molar-refractivity contribution in [2.45, 2.75) is 6.42 Å². The molecule has 0 aromatic heterocycles. The molecule has 46 valence electrons. The Kier molecular flexibility index (Phi) is 1.91. The van der Waals surface area contributed by atoms with Gasteiger partial charge < -0.3 is 5.11 Å². The Bertz CT molecular complexity index is 103. The normalized spacial score (nSPS) is 29.1. The van der Waals surface area contributed by atoms with E-state index in [2.05, 4.69) is 0 Å². The smallest absolute Gasteiger partial charge is 0.194 e. The summed E-state index contributed by atoms with van der Waals surface area (Å²) in [4.78, 5) is 10.6. The zero-order chi connectivity index (χ0) is 5.98. The molecule has 3 heteroatoms. The third-order valence-corrected chi connectivity index (χ3v) is 2.32. The van der Waals surface area contributed by atoms with E-state index in [0.29, 0.717) is 0 Å². The number of aliphatic hydroxyl groups is 1. The van der Waals surface area contributed by atoms with Gasteiger partial charge in [-0.15, -0.1) is 0 Å². The first kappa shape index (κ1) is 6.11. The Labute approximate surface area is 52.3 Å². The molecule has 1 aliphatic heterocycles. The van der Waals surface area contributed by atoms with Crippen LogP contribution in [-0.2, 0) is 4.79 Å². The van der Waals surface area contributed by atoms with E-state index in [4.69, 9.17) is 5.11 Å². The van der Waals surface area contributed by atoms with E-state index in [9.17, 15) is 4.79 Å². The highest BCUT2D eigenvalue weighted by molar-refractivity contribution is 8.14. The highest BCUT2D eigenvalue weighted by Crippen LogP contribution is 2.24. The first-order chi connectivity index (χ1) is 3.84. The molecule has 1 rings (SSSR count). The van der Waals surface area contributed by atoms with Crippen molar-refractivity contribution in [1.29, 1.82) is 0 Å². The van der Waals surface area contributed by atoms with Gasteiger partial charge in [-0.1, -0.05) is 11.8 Å². The summed E-state index contributed by atoms with van der Waals surface area (Å²) in [7, 11) is 0. The SMILES string of the molecule is O=C1SCC[C@H]1CO. The number of hydrogen-bond acceptors (Lipinski definition) is 3. The molecule has 1 heterocycles. The predicted molar refractivity (Wildman–Crippen MR) is 32.7 cm³/mol. The van der Waals surface area contributed by atoms with Gasteiger partial charge in [0.25, 0.3) is 0 Å². The van der Waals surface area contributed by atoms with Gasteiger partial charge in [-0.2, -0.15) is 0 Å². The van der Waals surface area contributed by atoms with Crippen molar-refractivity contribution in [2.24, 2.45) is 5.92 Å². The molecule has 1 aliphatic rings. The van der Waals surface area contributed by atoms with Crippen molar-refractivity contribution < 1.29 is 9.90 Å². The summed E-state index contributed by atoms with van der Waals surface area (Å²) in [6.07, 6.45) is 0.861. The Balaban J connectivity index is 2.42. The number of thioether (sulfide) groups is 1. The monoisotopic (exact) mass is 132 g/mol. The Morgan fingerprint density at radius 3 is 2.88 bits per heavy atom. The van der Waals surface area contributed by atoms with Crippen LogP contribution in [0.2, 0.25) is 0 Å². The van der Waals surface area contributed by atoms with Gasteiger partial charge in [-0.05, 0) is 6.42 Å². The maximum Gasteiger partial charge on any atom is 0.194 e. The zero-order valence-electron chi connectivity index (χ0n) is 4.46. The van der Waals surface area contributed by atoms with Crippen LogP contribution >= 0.6 is 11.8 Å². The molecule has 0 bridgehead atoms. The lowest BCUT2D eigenvalue weighted by atomic mass is 10.1. The lowest BCUT2D eigenvalue weighted by molar-refractivity contribution is -0.114. The van der Waals surface area contributed by atoms with Crippen LogP contribution in [0.4, 0.5) is 0 Å². The minimum absolute atomic E-state index is 0.0336. The van der Waals surface area contributed by atoms with Crippen LogP contribution in [0.3, 0.4) is 0 Å². The molecule has 0 spiro atoms. The Hall–Kier alpha value is -0.0200. The van der Waals surface area contributed by atoms with Crippen molar-refractivity contribution in [3.05, 3.63) is 0 Å². The van der Waals surface area contributed by atoms with Gasteiger partial charge in [0, 0.05) is 5.75 Å². The van der Waals surface area contributed by atoms with Crippen LogP contribution in [0.25, 0.3) is 0 Å². The van der Waals surface area contributed by atoms with Crippen LogP contribution in [-0.4, -0.2) is 22.6 Å². The van der Waals surface area contributed by atoms with E-state index >= 15 is 0 Å². The summed E-state index contributed by atoms with van der Waals surface area (Å²) >= 11 is 1.33. The molecule has 0 unspecified atom stereocenters. The quantitative estimate of drug-likeness (QED) is 0.556. The first-order valence-corrected chi connectivity index (χ1v) is 3.60. The maximum atomic E-state index is 10.6. The number of carbonyl (C=O) groups excluding carboxylic acids is 1. The molecule has 0 aromatic carbocycles. The average Bonchev–Trinajstić information content (AvgIpc) is 2.14. The average molecular weight is 132 g/mol. The fourth-order valence-corrected chi connectivity index (χ4v) is 1.73. The minimum atomic E-state index is -0.0556. The van der Waals surface area contributed by atoms with Gasteiger partial charge in [-0.25, -0.2) is 0 Å². The number of carbonyl (C=O) groups is 1. The second-order valence-corrected chi connectivity index (χ2v) is 2.93. The summed E-state index contributed by atoms with van der Waals surface area (Å²) < 4.78 is 0. The summed E-state index contributed by atoms with van der Waals surface area (Å²) in [6.45, 7) is 0.0336. The van der Waals surface area contributed by atoms with Crippen LogP contribution in [0.5, 0.6) is 0 Å². The topological polar surface area (TPSA) is 37.3 Å². The van der Waals surface area contributed by atoms with Gasteiger partial charge in [0.05, 0.1) is 12.5 Å². The Morgan fingerprint density at radius 1 is 1.88 bits per heavy atom. The molecule has 0 aromatic rings. The van der Waals surface area contributed by atoms with Gasteiger partial charge >= 0.3 is 0 Å². The molecule has 0 saturated carbocycles. The number of rotatable bonds is 1. The van der Waals surface area contributed by atoms with Crippen molar-refractivity contribution in [1.82, 2.24) is 0 Å². The van der Waals surface area contributed by atoms with Gasteiger partial charge in [0.2, 0.25) is 0 Å². The minimum Gasteiger partial charge on any atom is -0.396 e. The molecule has 0 aliphatic carbocycles. The molecule has 1 fully saturated rings. The van der Waals surface area contributed by atoms with Crippen LogP contribution < -0.4 is 0 Å². The molecule has 1 atom stereocenters. The number of hydrogen-bond donors (Lipinski definition) is 1. The summed E-state index contributed by atoms with van der Waals surface area (Å²) in [5.41, 5.74) is 0. The highest BCUT2D eigenvalue weighted by atomic mass is 32.2. The lowest BCUT2D eigenvalue weighted by Gasteiger charge is -1.96.